The molecule has 1 aromatic carbocycles. The summed E-state index contributed by atoms with van der Waals surface area (Å²) in [6.07, 6.45) is 1.36. The molecule has 1 amide bonds. The Balaban J connectivity index is 1.41. The summed E-state index contributed by atoms with van der Waals surface area (Å²) in [6, 6.07) is 4.42. The minimum absolute atomic E-state index is 0.0159. The number of halogens is 1. The number of hydrogen-bond acceptors (Lipinski definition) is 7. The van der Waals surface area contributed by atoms with E-state index in [4.69, 9.17) is 9.47 Å². The number of hydrogen-bond donors (Lipinski definition) is 1. The summed E-state index contributed by atoms with van der Waals surface area (Å²) < 4.78 is 24.8. The maximum Gasteiger partial charge on any atom is 0.249 e. The van der Waals surface area contributed by atoms with E-state index in [1.807, 2.05) is 25.8 Å². The van der Waals surface area contributed by atoms with Crippen LogP contribution in [0.4, 0.5) is 21.8 Å². The van der Waals surface area contributed by atoms with Gasteiger partial charge in [-0.25, -0.2) is 9.37 Å². The van der Waals surface area contributed by atoms with Crippen LogP contribution in [0.1, 0.15) is 25.5 Å². The van der Waals surface area contributed by atoms with Crippen molar-refractivity contribution in [2.24, 2.45) is 0 Å². The first-order chi connectivity index (χ1) is 14.3. The molecule has 0 unspecified atom stereocenters. The van der Waals surface area contributed by atoms with E-state index in [0.717, 1.165) is 30.0 Å². The lowest BCUT2D eigenvalue weighted by atomic mass is 9.89. The van der Waals surface area contributed by atoms with Crippen LogP contribution in [-0.4, -0.2) is 55.3 Å². The van der Waals surface area contributed by atoms with Gasteiger partial charge < -0.3 is 24.6 Å². The highest BCUT2D eigenvalue weighted by Gasteiger charge is 2.36. The summed E-state index contributed by atoms with van der Waals surface area (Å²) in [4.78, 5) is 25.1. The number of nitrogens with zero attached hydrogens (tertiary/aromatic N) is 4. The number of carbonyl (C=O) groups is 1. The van der Waals surface area contributed by atoms with Gasteiger partial charge in [0.2, 0.25) is 11.9 Å². The number of likely N-dealkylation sites (N-methyl/N-ethyl adjacent to an activating group) is 2. The fraction of sp³-hybridized carbons (Fsp3) is 0.476. The van der Waals surface area contributed by atoms with Crippen LogP contribution >= 0.6 is 0 Å². The highest BCUT2D eigenvalue weighted by Crippen LogP contribution is 2.36. The first kappa shape index (κ1) is 20.2. The number of anilines is 3. The number of fused-ring (bicyclic) bond motifs is 1. The number of amides is 1. The van der Waals surface area contributed by atoms with Gasteiger partial charge in [0.05, 0.1) is 12.8 Å². The van der Waals surface area contributed by atoms with Gasteiger partial charge in [-0.15, -0.1) is 0 Å². The van der Waals surface area contributed by atoms with Crippen LogP contribution in [0.15, 0.2) is 18.2 Å². The second-order valence-corrected chi connectivity index (χ2v) is 7.84. The molecule has 1 aliphatic carbocycles. The van der Waals surface area contributed by atoms with Crippen molar-refractivity contribution in [1.82, 2.24) is 9.97 Å². The van der Waals surface area contributed by atoms with Crippen molar-refractivity contribution < 1.29 is 18.7 Å². The molecule has 2 heterocycles. The van der Waals surface area contributed by atoms with Gasteiger partial charge >= 0.3 is 0 Å². The Morgan fingerprint density at radius 1 is 1.23 bits per heavy atom. The summed E-state index contributed by atoms with van der Waals surface area (Å²) in [6.45, 7) is 3.73. The molecule has 8 nitrogen and oxygen atoms in total. The zero-order chi connectivity index (χ0) is 21.6. The molecule has 0 spiro atoms. The molecule has 1 aliphatic heterocycles. The standard InChI is InChI=1S/C21H26FN5O3/c1-11-18-19(26(3)12(2)20(28)27(18)4)25-21(23-11)24-13-8-15(9-13)30-17-7-6-14(29-5)10-16(17)22/h6-7,10,12-13,15H,8-9H2,1-5H3,(H,23,24,25)/t12-,13?,15?/m0/s1. The van der Waals surface area contributed by atoms with Gasteiger partial charge in [-0.2, -0.15) is 4.98 Å². The normalized spacial score (nSPS) is 23.0. The Labute approximate surface area is 175 Å². The Kier molecular flexibility index (Phi) is 5.13. The van der Waals surface area contributed by atoms with Crippen LogP contribution in [0.5, 0.6) is 11.5 Å². The van der Waals surface area contributed by atoms with E-state index in [1.165, 1.54) is 13.2 Å². The lowest BCUT2D eigenvalue weighted by Crippen LogP contribution is -2.50. The van der Waals surface area contributed by atoms with Crippen molar-refractivity contribution in [2.45, 2.75) is 44.9 Å². The highest BCUT2D eigenvalue weighted by molar-refractivity contribution is 6.04. The molecular formula is C21H26FN5O3. The molecule has 1 saturated carbocycles. The van der Waals surface area contributed by atoms with Gasteiger partial charge in [-0.1, -0.05) is 0 Å². The van der Waals surface area contributed by atoms with Crippen LogP contribution in [0.25, 0.3) is 0 Å². The second-order valence-electron chi connectivity index (χ2n) is 7.84. The number of ether oxygens (including phenoxy) is 2. The Bertz CT molecular complexity index is 979. The number of benzene rings is 1. The molecule has 30 heavy (non-hydrogen) atoms. The zero-order valence-corrected chi connectivity index (χ0v) is 17.8. The molecule has 0 saturated heterocycles. The van der Waals surface area contributed by atoms with Gasteiger partial charge in [-0.3, -0.25) is 4.79 Å². The van der Waals surface area contributed by atoms with Crippen molar-refractivity contribution in [3.05, 3.63) is 29.7 Å². The lowest BCUT2D eigenvalue weighted by Gasteiger charge is -2.38. The molecule has 4 rings (SSSR count). The summed E-state index contributed by atoms with van der Waals surface area (Å²) in [7, 11) is 5.11. The Morgan fingerprint density at radius 2 is 1.97 bits per heavy atom. The highest BCUT2D eigenvalue weighted by atomic mass is 19.1. The van der Waals surface area contributed by atoms with Crippen LogP contribution < -0.4 is 24.6 Å². The lowest BCUT2D eigenvalue weighted by molar-refractivity contribution is -0.119. The number of carbonyl (C=O) groups excluding carboxylic acids is 1. The van der Waals surface area contributed by atoms with Crippen molar-refractivity contribution >= 4 is 23.4 Å². The van der Waals surface area contributed by atoms with Gasteiger partial charge in [-0.05, 0) is 26.0 Å². The van der Waals surface area contributed by atoms with Gasteiger partial charge in [0.25, 0.3) is 0 Å². The molecular weight excluding hydrogens is 389 g/mol. The summed E-state index contributed by atoms with van der Waals surface area (Å²) >= 11 is 0. The van der Waals surface area contributed by atoms with E-state index >= 15 is 0 Å². The van der Waals surface area contributed by atoms with Gasteiger partial charge in [0.15, 0.2) is 17.4 Å². The maximum atomic E-state index is 14.1. The van der Waals surface area contributed by atoms with E-state index < -0.39 is 5.82 Å². The number of aryl methyl sites for hydroxylation is 1. The number of nitrogens with one attached hydrogen (secondary N) is 1. The van der Waals surface area contributed by atoms with Crippen molar-refractivity contribution in [1.29, 1.82) is 0 Å². The minimum atomic E-state index is -0.435. The third kappa shape index (κ3) is 3.48. The number of aromatic nitrogens is 2. The van der Waals surface area contributed by atoms with Crippen LogP contribution in [0.3, 0.4) is 0 Å². The molecule has 160 valence electrons. The summed E-state index contributed by atoms with van der Waals surface area (Å²) in [5.41, 5.74) is 1.47. The first-order valence-electron chi connectivity index (χ1n) is 9.94. The van der Waals surface area contributed by atoms with Crippen molar-refractivity contribution in [2.75, 3.05) is 36.3 Å². The molecule has 9 heteroatoms. The van der Waals surface area contributed by atoms with Crippen LogP contribution in [0.2, 0.25) is 0 Å². The van der Waals surface area contributed by atoms with Gasteiger partial charge in [0.1, 0.15) is 23.6 Å². The fourth-order valence-electron chi connectivity index (χ4n) is 3.84. The molecule has 1 aromatic heterocycles. The Morgan fingerprint density at radius 3 is 2.63 bits per heavy atom. The second kappa shape index (κ2) is 7.62. The molecule has 0 radical (unpaired) electrons. The summed E-state index contributed by atoms with van der Waals surface area (Å²) in [5.74, 6) is 1.51. The molecule has 2 aliphatic rings. The predicted octanol–water partition coefficient (Wildman–Crippen LogP) is 2.76. The van der Waals surface area contributed by atoms with Crippen LogP contribution in [0, 0.1) is 12.7 Å². The van der Waals surface area contributed by atoms with Crippen LogP contribution in [-0.2, 0) is 4.79 Å². The molecule has 1 fully saturated rings. The average molecular weight is 415 g/mol. The van der Waals surface area contributed by atoms with E-state index in [1.54, 1.807) is 24.1 Å². The fourth-order valence-corrected chi connectivity index (χ4v) is 3.84. The third-order valence-electron chi connectivity index (χ3n) is 5.84. The quantitative estimate of drug-likeness (QED) is 0.804. The largest absolute Gasteiger partial charge is 0.497 e. The minimum Gasteiger partial charge on any atom is -0.497 e. The van der Waals surface area contributed by atoms with E-state index in [-0.39, 0.29) is 29.8 Å². The van der Waals surface area contributed by atoms with E-state index in [0.29, 0.717) is 11.7 Å². The summed E-state index contributed by atoms with van der Waals surface area (Å²) in [5, 5.41) is 3.33. The van der Waals surface area contributed by atoms with Crippen molar-refractivity contribution in [3.8, 4) is 11.5 Å². The third-order valence-corrected chi connectivity index (χ3v) is 5.84. The predicted molar refractivity (Wildman–Crippen MR) is 112 cm³/mol. The topological polar surface area (TPSA) is 79.8 Å². The van der Waals surface area contributed by atoms with Crippen molar-refractivity contribution in [3.63, 3.8) is 0 Å². The maximum absolute atomic E-state index is 14.1. The molecule has 1 atom stereocenters. The molecule has 0 bridgehead atoms. The molecule has 1 N–H and O–H groups in total. The number of rotatable bonds is 5. The van der Waals surface area contributed by atoms with Gasteiger partial charge in [0, 0.05) is 39.0 Å². The average Bonchev–Trinajstić information content (AvgIpc) is 2.69. The smallest absolute Gasteiger partial charge is 0.249 e. The molecule has 2 aromatic rings. The number of methoxy groups -OCH3 is 1. The van der Waals surface area contributed by atoms with E-state index in [2.05, 4.69) is 15.3 Å². The SMILES string of the molecule is COc1ccc(OC2CC(Nc3nc(C)c4c(n3)N(C)[C@@H](C)C(=O)N4C)C2)c(F)c1. The monoisotopic (exact) mass is 415 g/mol. The first-order valence-corrected chi connectivity index (χ1v) is 9.94. The zero-order valence-electron chi connectivity index (χ0n) is 17.8. The Hall–Kier alpha value is -3.10. The van der Waals surface area contributed by atoms with E-state index in [9.17, 15) is 9.18 Å².